The molecule has 2 unspecified atom stereocenters. The monoisotopic (exact) mass is 296 g/mol. The third-order valence-electron chi connectivity index (χ3n) is 3.31. The maximum Gasteiger partial charge on any atom is 0.248 e. The summed E-state index contributed by atoms with van der Waals surface area (Å²) in [4.78, 5) is 11.4. The fourth-order valence-corrected chi connectivity index (χ4v) is 4.70. The first-order chi connectivity index (χ1) is 9.32. The Labute approximate surface area is 122 Å². The van der Waals surface area contributed by atoms with Crippen LogP contribution in [0.25, 0.3) is 0 Å². The van der Waals surface area contributed by atoms with Gasteiger partial charge in [-0.25, -0.2) is 0 Å². The molecule has 0 heterocycles. The largest absolute Gasteiger partial charge is 0.443 e. The highest BCUT2D eigenvalue weighted by molar-refractivity contribution is 7.59. The quantitative estimate of drug-likeness (QED) is 0.658. The Hall–Kier alpha value is -1.08. The first-order valence-electron chi connectivity index (χ1n) is 7.15. The minimum atomic E-state index is -2.83. The third-order valence-corrected chi connectivity index (χ3v) is 5.90. The van der Waals surface area contributed by atoms with Crippen molar-refractivity contribution in [1.82, 2.24) is 0 Å². The Bertz CT molecular complexity index is 468. The number of ketones is 1. The molecule has 0 spiro atoms. The van der Waals surface area contributed by atoms with Crippen molar-refractivity contribution < 1.29 is 13.9 Å². The van der Waals surface area contributed by atoms with Crippen molar-refractivity contribution in [2.75, 3.05) is 12.3 Å². The predicted octanol–water partition coefficient (Wildman–Crippen LogP) is 4.61. The molecule has 0 radical (unpaired) electrons. The molecule has 0 aromatic heterocycles. The van der Waals surface area contributed by atoms with Gasteiger partial charge >= 0.3 is 0 Å². The fourth-order valence-electron chi connectivity index (χ4n) is 1.85. The van der Waals surface area contributed by atoms with Gasteiger partial charge in [0.2, 0.25) is 7.37 Å². The first-order valence-corrected chi connectivity index (χ1v) is 9.15. The highest BCUT2D eigenvalue weighted by Crippen LogP contribution is 2.49. The molecule has 112 valence electrons. The number of carbonyl (C=O) groups is 1. The first kappa shape index (κ1) is 17.0. The van der Waals surface area contributed by atoms with Gasteiger partial charge in [-0.05, 0) is 31.4 Å². The van der Waals surface area contributed by atoms with Crippen molar-refractivity contribution in [3.63, 3.8) is 0 Å². The minimum Gasteiger partial charge on any atom is -0.443 e. The van der Waals surface area contributed by atoms with Crippen molar-refractivity contribution in [2.45, 2.75) is 34.1 Å². The molecule has 1 aromatic rings. The molecule has 0 amide bonds. The van der Waals surface area contributed by atoms with Crippen LogP contribution in [0.2, 0.25) is 0 Å². The van der Waals surface area contributed by atoms with Crippen LogP contribution in [0.15, 0.2) is 30.3 Å². The molecule has 1 aromatic carbocycles. The second-order valence-electron chi connectivity index (χ2n) is 5.82. The van der Waals surface area contributed by atoms with Gasteiger partial charge in [0.25, 0.3) is 0 Å². The summed E-state index contributed by atoms with van der Waals surface area (Å²) in [6.07, 6.45) is 1.69. The van der Waals surface area contributed by atoms with Gasteiger partial charge in [0.1, 0.15) is 11.5 Å². The van der Waals surface area contributed by atoms with Crippen LogP contribution < -0.4 is 4.52 Å². The Balaban J connectivity index is 2.83. The topological polar surface area (TPSA) is 43.4 Å². The summed E-state index contributed by atoms with van der Waals surface area (Å²) < 4.78 is 18.8. The average molecular weight is 296 g/mol. The second-order valence-corrected chi connectivity index (χ2v) is 8.44. The normalized spacial score (nSPS) is 15.7. The maximum absolute atomic E-state index is 13.0. The Morgan fingerprint density at radius 1 is 1.20 bits per heavy atom. The molecule has 0 saturated heterocycles. The number of benzene rings is 1. The fraction of sp³-hybridized carbons (Fsp3) is 0.562. The van der Waals surface area contributed by atoms with Crippen LogP contribution in [0, 0.1) is 11.8 Å². The van der Waals surface area contributed by atoms with Crippen LogP contribution in [0.4, 0.5) is 0 Å². The zero-order chi connectivity index (χ0) is 15.2. The van der Waals surface area contributed by atoms with Gasteiger partial charge in [-0.15, -0.1) is 0 Å². The average Bonchev–Trinajstić information content (AvgIpc) is 2.37. The van der Waals surface area contributed by atoms with E-state index in [1.807, 2.05) is 25.1 Å². The van der Waals surface area contributed by atoms with E-state index in [1.165, 1.54) is 0 Å². The van der Waals surface area contributed by atoms with Crippen molar-refractivity contribution in [3.05, 3.63) is 30.3 Å². The van der Waals surface area contributed by atoms with Crippen LogP contribution in [0.5, 0.6) is 5.75 Å². The van der Waals surface area contributed by atoms with Crippen LogP contribution in [0.3, 0.4) is 0 Å². The highest BCUT2D eigenvalue weighted by atomic mass is 31.2. The summed E-state index contributed by atoms with van der Waals surface area (Å²) >= 11 is 0. The van der Waals surface area contributed by atoms with E-state index in [9.17, 15) is 9.36 Å². The van der Waals surface area contributed by atoms with Crippen molar-refractivity contribution >= 4 is 13.2 Å². The van der Waals surface area contributed by atoms with Crippen molar-refractivity contribution in [2.24, 2.45) is 11.8 Å². The number of rotatable bonds is 8. The van der Waals surface area contributed by atoms with Crippen molar-refractivity contribution in [1.29, 1.82) is 0 Å². The van der Waals surface area contributed by atoms with E-state index in [0.717, 1.165) is 6.42 Å². The molecular formula is C16H25O3P. The smallest absolute Gasteiger partial charge is 0.248 e. The molecular weight excluding hydrogens is 271 g/mol. The standard InChI is InChI=1S/C16H25O3P/c1-13(2)10-11-20(18,12-14(3)15(4)17)19-16-8-6-5-7-9-16/h5-9,13-14H,10-12H2,1-4H3. The summed E-state index contributed by atoms with van der Waals surface area (Å²) in [7, 11) is -2.83. The molecule has 0 aliphatic carbocycles. The molecule has 0 bridgehead atoms. The lowest BCUT2D eigenvalue weighted by molar-refractivity contribution is -0.119. The minimum absolute atomic E-state index is 0.0615. The molecule has 3 nitrogen and oxygen atoms in total. The maximum atomic E-state index is 13.0. The van der Waals surface area contributed by atoms with Gasteiger partial charge in [-0.2, -0.15) is 0 Å². The molecule has 0 fully saturated rings. The Kier molecular flexibility index (Phi) is 6.48. The number of Topliss-reactive ketones (excluding diaryl/α,β-unsaturated/α-hetero) is 1. The molecule has 1 rings (SSSR count). The van der Waals surface area contributed by atoms with E-state index >= 15 is 0 Å². The predicted molar refractivity (Wildman–Crippen MR) is 83.7 cm³/mol. The van der Waals surface area contributed by atoms with Gasteiger partial charge in [0.15, 0.2) is 0 Å². The van der Waals surface area contributed by atoms with Crippen LogP contribution >= 0.6 is 7.37 Å². The van der Waals surface area contributed by atoms with Gasteiger partial charge in [-0.3, -0.25) is 9.36 Å². The van der Waals surface area contributed by atoms with Gasteiger partial charge in [0, 0.05) is 18.2 Å². The Morgan fingerprint density at radius 3 is 2.30 bits per heavy atom. The molecule has 4 heteroatoms. The SMILES string of the molecule is CC(=O)C(C)CP(=O)(CCC(C)C)Oc1ccccc1. The summed E-state index contributed by atoms with van der Waals surface area (Å²) in [5.74, 6) is 0.925. The molecule has 0 aliphatic rings. The van der Waals surface area contributed by atoms with Crippen LogP contribution in [-0.4, -0.2) is 18.1 Å². The lowest BCUT2D eigenvalue weighted by Crippen LogP contribution is -2.16. The molecule has 0 saturated carbocycles. The van der Waals surface area contributed by atoms with Gasteiger partial charge < -0.3 is 4.52 Å². The lowest BCUT2D eigenvalue weighted by Gasteiger charge is -2.22. The van der Waals surface area contributed by atoms with Gasteiger partial charge in [-0.1, -0.05) is 39.0 Å². The summed E-state index contributed by atoms with van der Waals surface area (Å²) in [6, 6.07) is 9.22. The van der Waals surface area contributed by atoms with Gasteiger partial charge in [0.05, 0.1) is 0 Å². The molecule has 20 heavy (non-hydrogen) atoms. The number of para-hydroxylation sites is 1. The van der Waals surface area contributed by atoms with Crippen LogP contribution in [-0.2, 0) is 9.36 Å². The third kappa shape index (κ3) is 5.92. The summed E-state index contributed by atoms with van der Waals surface area (Å²) in [5.41, 5.74) is 0. The van der Waals surface area contributed by atoms with E-state index in [-0.39, 0.29) is 11.7 Å². The summed E-state index contributed by atoms with van der Waals surface area (Å²) in [5, 5.41) is 0. The number of hydrogen-bond acceptors (Lipinski definition) is 3. The zero-order valence-electron chi connectivity index (χ0n) is 12.8. The molecule has 0 aliphatic heterocycles. The van der Waals surface area contributed by atoms with E-state index in [1.54, 1.807) is 19.1 Å². The van der Waals surface area contributed by atoms with E-state index in [2.05, 4.69) is 13.8 Å². The number of carbonyl (C=O) groups excluding carboxylic acids is 1. The summed E-state index contributed by atoms with van der Waals surface area (Å²) in [6.45, 7) is 7.56. The highest BCUT2D eigenvalue weighted by Gasteiger charge is 2.29. The second kappa shape index (κ2) is 7.64. The van der Waals surface area contributed by atoms with Crippen molar-refractivity contribution in [3.8, 4) is 5.75 Å². The molecule has 2 atom stereocenters. The van der Waals surface area contributed by atoms with E-state index in [0.29, 0.717) is 24.0 Å². The zero-order valence-corrected chi connectivity index (χ0v) is 13.7. The van der Waals surface area contributed by atoms with E-state index < -0.39 is 7.37 Å². The van der Waals surface area contributed by atoms with Crippen LogP contribution in [0.1, 0.15) is 34.1 Å². The van der Waals surface area contributed by atoms with E-state index in [4.69, 9.17) is 4.52 Å². The molecule has 0 N–H and O–H groups in total. The number of hydrogen-bond donors (Lipinski definition) is 0. The Morgan fingerprint density at radius 2 is 1.80 bits per heavy atom. The lowest BCUT2D eigenvalue weighted by atomic mass is 10.1.